The number of sulfone groups is 1. The molecule has 0 radical (unpaired) electrons. The molecular formula is C14H25N3O2S2. The smallest absolute Gasteiger partial charge is 0.185 e. The van der Waals surface area contributed by atoms with Gasteiger partial charge in [0.25, 0.3) is 0 Å². The third-order valence-corrected chi connectivity index (χ3v) is 5.63. The Morgan fingerprint density at radius 2 is 2.14 bits per heavy atom. The number of hydrogen-bond donors (Lipinski definition) is 1. The summed E-state index contributed by atoms with van der Waals surface area (Å²) in [6, 6.07) is 0. The van der Waals surface area contributed by atoms with Crippen molar-refractivity contribution in [3.05, 3.63) is 10.6 Å². The Morgan fingerprint density at radius 3 is 2.71 bits per heavy atom. The molecule has 1 fully saturated rings. The predicted octanol–water partition coefficient (Wildman–Crippen LogP) is 2.00. The van der Waals surface area contributed by atoms with E-state index in [0.29, 0.717) is 12.5 Å². The SMILES string of the molecule is CCCNCc1sc(N(C)CCS(C)(=O)=O)nc1C1CC1. The van der Waals surface area contributed by atoms with Gasteiger partial charge in [0, 0.05) is 37.2 Å². The first kappa shape index (κ1) is 16.7. The van der Waals surface area contributed by atoms with Crippen LogP contribution in [0, 0.1) is 0 Å². The fourth-order valence-corrected chi connectivity index (χ4v) is 3.80. The van der Waals surface area contributed by atoms with E-state index >= 15 is 0 Å². The molecule has 0 saturated heterocycles. The Labute approximate surface area is 131 Å². The van der Waals surface area contributed by atoms with Crippen LogP contribution >= 0.6 is 11.3 Å². The largest absolute Gasteiger partial charge is 0.350 e. The van der Waals surface area contributed by atoms with Crippen molar-refractivity contribution in [2.75, 3.05) is 37.0 Å². The van der Waals surface area contributed by atoms with Crippen LogP contribution in [0.1, 0.15) is 42.7 Å². The maximum Gasteiger partial charge on any atom is 0.185 e. The maximum absolute atomic E-state index is 11.3. The van der Waals surface area contributed by atoms with Crippen LogP contribution in [0.4, 0.5) is 5.13 Å². The zero-order valence-electron chi connectivity index (χ0n) is 13.1. The number of nitrogens with zero attached hydrogens (tertiary/aromatic N) is 2. The molecule has 1 aromatic rings. The third kappa shape index (κ3) is 5.23. The Hall–Kier alpha value is -0.660. The molecule has 1 aromatic heterocycles. The van der Waals surface area contributed by atoms with Crippen molar-refractivity contribution >= 4 is 26.3 Å². The van der Waals surface area contributed by atoms with Crippen LogP contribution in [-0.4, -0.2) is 45.5 Å². The molecule has 0 atom stereocenters. The second-order valence-electron chi connectivity index (χ2n) is 5.81. The van der Waals surface area contributed by atoms with Crippen LogP contribution < -0.4 is 10.2 Å². The Bertz CT molecular complexity index is 565. The topological polar surface area (TPSA) is 62.3 Å². The van der Waals surface area contributed by atoms with Crippen molar-refractivity contribution < 1.29 is 8.42 Å². The summed E-state index contributed by atoms with van der Waals surface area (Å²) < 4.78 is 22.6. The van der Waals surface area contributed by atoms with Gasteiger partial charge in [0.1, 0.15) is 9.84 Å². The van der Waals surface area contributed by atoms with E-state index in [-0.39, 0.29) is 5.75 Å². The summed E-state index contributed by atoms with van der Waals surface area (Å²) in [5.41, 5.74) is 1.23. The van der Waals surface area contributed by atoms with Crippen molar-refractivity contribution in [1.29, 1.82) is 0 Å². The first-order chi connectivity index (χ1) is 9.90. The molecule has 21 heavy (non-hydrogen) atoms. The highest BCUT2D eigenvalue weighted by molar-refractivity contribution is 7.90. The zero-order chi connectivity index (χ0) is 15.5. The van der Waals surface area contributed by atoms with Crippen LogP contribution in [0.3, 0.4) is 0 Å². The van der Waals surface area contributed by atoms with Gasteiger partial charge in [0.2, 0.25) is 0 Å². The van der Waals surface area contributed by atoms with E-state index in [9.17, 15) is 8.42 Å². The fourth-order valence-electron chi connectivity index (χ4n) is 2.09. The number of rotatable bonds is 9. The minimum absolute atomic E-state index is 0.172. The van der Waals surface area contributed by atoms with Crippen LogP contribution in [0.2, 0.25) is 0 Å². The summed E-state index contributed by atoms with van der Waals surface area (Å²) in [6.07, 6.45) is 4.87. The fraction of sp³-hybridized carbons (Fsp3) is 0.786. The molecule has 120 valence electrons. The average Bonchev–Trinajstić information content (AvgIpc) is 3.16. The first-order valence-electron chi connectivity index (χ1n) is 7.50. The third-order valence-electron chi connectivity index (χ3n) is 3.52. The van der Waals surface area contributed by atoms with Gasteiger partial charge in [0.15, 0.2) is 5.13 Å². The summed E-state index contributed by atoms with van der Waals surface area (Å²) in [7, 11) is -1.01. The minimum atomic E-state index is -2.93. The van der Waals surface area contributed by atoms with Crippen molar-refractivity contribution in [2.24, 2.45) is 0 Å². The molecule has 1 aliphatic carbocycles. The number of anilines is 1. The lowest BCUT2D eigenvalue weighted by atomic mass is 10.2. The molecule has 0 aliphatic heterocycles. The van der Waals surface area contributed by atoms with E-state index in [1.54, 1.807) is 11.3 Å². The van der Waals surface area contributed by atoms with E-state index in [0.717, 1.165) is 24.6 Å². The Kier molecular flexibility index (Phi) is 5.62. The van der Waals surface area contributed by atoms with E-state index in [1.807, 2.05) is 11.9 Å². The highest BCUT2D eigenvalue weighted by atomic mass is 32.2. The van der Waals surface area contributed by atoms with Crippen LogP contribution in [0.25, 0.3) is 0 Å². The van der Waals surface area contributed by atoms with Gasteiger partial charge in [-0.25, -0.2) is 13.4 Å². The highest BCUT2D eigenvalue weighted by Gasteiger charge is 2.30. The molecule has 7 heteroatoms. The number of aromatic nitrogens is 1. The Morgan fingerprint density at radius 1 is 1.43 bits per heavy atom. The molecule has 2 rings (SSSR count). The molecule has 1 saturated carbocycles. The number of thiazole rings is 1. The molecule has 1 N–H and O–H groups in total. The summed E-state index contributed by atoms with van der Waals surface area (Å²) in [6.45, 7) is 4.54. The molecule has 0 aromatic carbocycles. The Balaban J connectivity index is 2.03. The van der Waals surface area contributed by atoms with Crippen molar-refractivity contribution in [1.82, 2.24) is 10.3 Å². The second-order valence-corrected chi connectivity index (χ2v) is 9.13. The van der Waals surface area contributed by atoms with E-state index in [4.69, 9.17) is 4.98 Å². The van der Waals surface area contributed by atoms with Crippen molar-refractivity contribution in [2.45, 2.75) is 38.6 Å². The quantitative estimate of drug-likeness (QED) is 0.701. The number of nitrogens with one attached hydrogen (secondary N) is 1. The summed E-state index contributed by atoms with van der Waals surface area (Å²) in [5, 5.41) is 4.38. The monoisotopic (exact) mass is 331 g/mol. The van der Waals surface area contributed by atoms with Crippen LogP contribution in [0.5, 0.6) is 0 Å². The molecular weight excluding hydrogens is 306 g/mol. The first-order valence-corrected chi connectivity index (χ1v) is 10.4. The summed E-state index contributed by atoms with van der Waals surface area (Å²) in [4.78, 5) is 8.03. The van der Waals surface area contributed by atoms with Gasteiger partial charge in [-0.3, -0.25) is 0 Å². The molecule has 0 unspecified atom stereocenters. The predicted molar refractivity (Wildman–Crippen MR) is 89.1 cm³/mol. The minimum Gasteiger partial charge on any atom is -0.350 e. The molecule has 5 nitrogen and oxygen atoms in total. The van der Waals surface area contributed by atoms with Gasteiger partial charge >= 0.3 is 0 Å². The lowest BCUT2D eigenvalue weighted by Gasteiger charge is -2.14. The summed E-state index contributed by atoms with van der Waals surface area (Å²) >= 11 is 1.69. The lowest BCUT2D eigenvalue weighted by molar-refractivity contribution is 0.601. The van der Waals surface area contributed by atoms with Gasteiger partial charge in [-0.05, 0) is 25.8 Å². The normalized spacial score (nSPS) is 15.4. The molecule has 0 spiro atoms. The second kappa shape index (κ2) is 7.07. The molecule has 1 heterocycles. The van der Waals surface area contributed by atoms with E-state index in [2.05, 4.69) is 12.2 Å². The molecule has 0 bridgehead atoms. The maximum atomic E-state index is 11.3. The van der Waals surface area contributed by atoms with Gasteiger partial charge in [-0.1, -0.05) is 6.92 Å². The van der Waals surface area contributed by atoms with Crippen LogP contribution in [-0.2, 0) is 16.4 Å². The highest BCUT2D eigenvalue weighted by Crippen LogP contribution is 2.44. The lowest BCUT2D eigenvalue weighted by Crippen LogP contribution is -2.24. The standard InChI is InChI=1S/C14H25N3O2S2/c1-4-7-15-10-12-13(11-5-6-11)16-14(20-12)17(2)8-9-21(3,18)19/h11,15H,4-10H2,1-3H3. The van der Waals surface area contributed by atoms with E-state index in [1.165, 1.54) is 29.7 Å². The van der Waals surface area contributed by atoms with Crippen molar-refractivity contribution in [3.8, 4) is 0 Å². The summed E-state index contributed by atoms with van der Waals surface area (Å²) in [5.74, 6) is 0.794. The van der Waals surface area contributed by atoms with Gasteiger partial charge in [0.05, 0.1) is 11.4 Å². The number of hydrogen-bond acceptors (Lipinski definition) is 6. The zero-order valence-corrected chi connectivity index (χ0v) is 14.7. The molecule has 1 aliphatic rings. The average molecular weight is 332 g/mol. The van der Waals surface area contributed by atoms with Crippen molar-refractivity contribution in [3.63, 3.8) is 0 Å². The van der Waals surface area contributed by atoms with Gasteiger partial charge < -0.3 is 10.2 Å². The molecule has 0 amide bonds. The van der Waals surface area contributed by atoms with E-state index < -0.39 is 9.84 Å². The van der Waals surface area contributed by atoms with Gasteiger partial charge in [-0.2, -0.15) is 0 Å². The van der Waals surface area contributed by atoms with Crippen LogP contribution in [0.15, 0.2) is 0 Å². The van der Waals surface area contributed by atoms with Gasteiger partial charge in [-0.15, -0.1) is 11.3 Å².